The number of hydrogen-bond acceptors (Lipinski definition) is 2. The van der Waals surface area contributed by atoms with Gasteiger partial charge in [0.05, 0.1) is 5.92 Å². The molecule has 0 aliphatic rings. The zero-order valence-electron chi connectivity index (χ0n) is 14.6. The van der Waals surface area contributed by atoms with E-state index in [0.717, 1.165) is 16.5 Å². The Labute approximate surface area is 142 Å². The van der Waals surface area contributed by atoms with E-state index in [1.165, 1.54) is 0 Å². The lowest BCUT2D eigenvalue weighted by Gasteiger charge is -2.15. The number of hydrogen-bond donors (Lipinski definition) is 2. The van der Waals surface area contributed by atoms with Gasteiger partial charge in [-0.2, -0.15) is 0 Å². The normalized spacial score (nSPS) is 12.5. The molecule has 2 N–H and O–H groups in total. The van der Waals surface area contributed by atoms with E-state index in [0.29, 0.717) is 25.2 Å². The van der Waals surface area contributed by atoms with Crippen molar-refractivity contribution in [3.63, 3.8) is 0 Å². The Hall–Kier alpha value is -2.30. The minimum atomic E-state index is -0.849. The standard InChI is InChI=1S/C19H26N2O3/c1-13(2)10-15(19(23)24)11-20-18(22)9-8-14-12-21(3)17-7-5-4-6-16(14)17/h4-7,12-13,15H,8-11H2,1-3H3,(H,20,22)(H,23,24). The maximum absolute atomic E-state index is 12.1. The predicted octanol–water partition coefficient (Wildman–Crippen LogP) is 2.97. The van der Waals surface area contributed by atoms with Crippen LogP contribution in [0.4, 0.5) is 0 Å². The lowest BCUT2D eigenvalue weighted by atomic mass is 9.97. The number of carboxylic acids is 1. The molecule has 0 spiro atoms. The zero-order valence-corrected chi connectivity index (χ0v) is 14.6. The molecule has 0 aliphatic carbocycles. The number of rotatable bonds is 8. The summed E-state index contributed by atoms with van der Waals surface area (Å²) < 4.78 is 2.06. The van der Waals surface area contributed by atoms with Crippen molar-refractivity contribution in [2.75, 3.05) is 6.54 Å². The minimum Gasteiger partial charge on any atom is -0.481 e. The van der Waals surface area contributed by atoms with Gasteiger partial charge in [-0.1, -0.05) is 32.0 Å². The molecule has 0 saturated carbocycles. The summed E-state index contributed by atoms with van der Waals surface area (Å²) in [7, 11) is 2.00. The molecule has 24 heavy (non-hydrogen) atoms. The van der Waals surface area contributed by atoms with Crippen LogP contribution < -0.4 is 5.32 Å². The van der Waals surface area contributed by atoms with E-state index in [9.17, 15) is 14.7 Å². The second kappa shape index (κ2) is 7.99. The Bertz CT molecular complexity index is 718. The quantitative estimate of drug-likeness (QED) is 0.781. The number of nitrogens with one attached hydrogen (secondary N) is 1. The van der Waals surface area contributed by atoms with Crippen LogP contribution in [0.1, 0.15) is 32.3 Å². The SMILES string of the molecule is CC(C)CC(CNC(=O)CCc1cn(C)c2ccccc12)C(=O)O. The third-order valence-corrected chi connectivity index (χ3v) is 4.25. The smallest absolute Gasteiger partial charge is 0.308 e. The summed E-state index contributed by atoms with van der Waals surface area (Å²) in [6.07, 6.45) is 3.63. The van der Waals surface area contributed by atoms with Crippen LogP contribution in [0.15, 0.2) is 30.5 Å². The molecule has 1 heterocycles. The summed E-state index contributed by atoms with van der Waals surface area (Å²) >= 11 is 0. The van der Waals surface area contributed by atoms with E-state index < -0.39 is 11.9 Å². The fourth-order valence-electron chi connectivity index (χ4n) is 3.04. The summed E-state index contributed by atoms with van der Waals surface area (Å²) in [5, 5.41) is 13.1. The van der Waals surface area contributed by atoms with Crippen LogP contribution in [-0.2, 0) is 23.1 Å². The van der Waals surface area contributed by atoms with Crippen molar-refractivity contribution in [3.05, 3.63) is 36.0 Å². The summed E-state index contributed by atoms with van der Waals surface area (Å²) in [6.45, 7) is 4.17. The molecule has 0 bridgehead atoms. The van der Waals surface area contributed by atoms with Gasteiger partial charge >= 0.3 is 5.97 Å². The largest absolute Gasteiger partial charge is 0.481 e. The average molecular weight is 330 g/mol. The molecular formula is C19H26N2O3. The van der Waals surface area contributed by atoms with Crippen molar-refractivity contribution in [1.29, 1.82) is 0 Å². The number of aliphatic carboxylic acids is 1. The molecule has 0 aliphatic heterocycles. The number of aromatic nitrogens is 1. The monoisotopic (exact) mass is 330 g/mol. The Morgan fingerprint density at radius 1 is 1.25 bits per heavy atom. The number of benzene rings is 1. The molecule has 1 aromatic heterocycles. The molecule has 1 aromatic carbocycles. The van der Waals surface area contributed by atoms with Crippen LogP contribution in [0, 0.1) is 11.8 Å². The molecule has 1 amide bonds. The van der Waals surface area contributed by atoms with E-state index in [1.54, 1.807) is 0 Å². The van der Waals surface area contributed by atoms with Crippen molar-refractivity contribution in [3.8, 4) is 0 Å². The third kappa shape index (κ3) is 4.60. The summed E-state index contributed by atoms with van der Waals surface area (Å²) in [5.74, 6) is -1.18. The maximum atomic E-state index is 12.1. The van der Waals surface area contributed by atoms with Gasteiger partial charge in [-0.05, 0) is 30.4 Å². The number of carbonyl (C=O) groups excluding carboxylic acids is 1. The van der Waals surface area contributed by atoms with Gasteiger partial charge in [-0.15, -0.1) is 0 Å². The number of carbonyl (C=O) groups is 2. The summed E-state index contributed by atoms with van der Waals surface area (Å²) in [5.41, 5.74) is 2.29. The highest BCUT2D eigenvalue weighted by Gasteiger charge is 2.19. The number of fused-ring (bicyclic) bond motifs is 1. The van der Waals surface area contributed by atoms with E-state index in [1.807, 2.05) is 33.0 Å². The predicted molar refractivity (Wildman–Crippen MR) is 94.8 cm³/mol. The lowest BCUT2D eigenvalue weighted by Crippen LogP contribution is -2.33. The fraction of sp³-hybridized carbons (Fsp3) is 0.474. The molecule has 1 unspecified atom stereocenters. The molecule has 130 valence electrons. The van der Waals surface area contributed by atoms with Gasteiger partial charge in [0, 0.05) is 37.1 Å². The molecule has 0 saturated heterocycles. The highest BCUT2D eigenvalue weighted by atomic mass is 16.4. The molecule has 1 atom stereocenters. The van der Waals surface area contributed by atoms with Crippen molar-refractivity contribution in [2.45, 2.75) is 33.1 Å². The van der Waals surface area contributed by atoms with Crippen molar-refractivity contribution < 1.29 is 14.7 Å². The van der Waals surface area contributed by atoms with Gasteiger partial charge in [0.1, 0.15) is 0 Å². The van der Waals surface area contributed by atoms with Crippen molar-refractivity contribution in [1.82, 2.24) is 9.88 Å². The van der Waals surface area contributed by atoms with Crippen LogP contribution in [0.2, 0.25) is 0 Å². The topological polar surface area (TPSA) is 71.3 Å². The lowest BCUT2D eigenvalue weighted by molar-refractivity contribution is -0.142. The Morgan fingerprint density at radius 3 is 2.62 bits per heavy atom. The van der Waals surface area contributed by atoms with Crippen LogP contribution in [0.5, 0.6) is 0 Å². The van der Waals surface area contributed by atoms with Crippen LogP contribution in [-0.4, -0.2) is 28.1 Å². The first kappa shape index (κ1) is 18.0. The fourth-order valence-corrected chi connectivity index (χ4v) is 3.04. The van der Waals surface area contributed by atoms with Crippen molar-refractivity contribution in [2.24, 2.45) is 18.9 Å². The highest BCUT2D eigenvalue weighted by molar-refractivity contribution is 5.85. The Kier molecular flexibility index (Phi) is 6.01. The van der Waals surface area contributed by atoms with Crippen LogP contribution >= 0.6 is 0 Å². The minimum absolute atomic E-state index is 0.0991. The number of nitrogens with zero attached hydrogens (tertiary/aromatic N) is 1. The van der Waals surface area contributed by atoms with Gasteiger partial charge in [-0.25, -0.2) is 0 Å². The molecule has 0 radical (unpaired) electrons. The Morgan fingerprint density at radius 2 is 1.96 bits per heavy atom. The second-order valence-corrected chi connectivity index (χ2v) is 6.75. The molecule has 0 fully saturated rings. The number of amides is 1. The molecular weight excluding hydrogens is 304 g/mol. The first-order valence-corrected chi connectivity index (χ1v) is 8.41. The first-order valence-electron chi connectivity index (χ1n) is 8.41. The first-order chi connectivity index (χ1) is 11.4. The summed E-state index contributed by atoms with van der Waals surface area (Å²) in [4.78, 5) is 23.3. The van der Waals surface area contributed by atoms with Gasteiger partial charge in [-0.3, -0.25) is 9.59 Å². The average Bonchev–Trinajstić information content (AvgIpc) is 2.85. The Balaban J connectivity index is 1.89. The van der Waals surface area contributed by atoms with E-state index in [-0.39, 0.29) is 12.5 Å². The molecule has 5 nitrogen and oxygen atoms in total. The molecule has 5 heteroatoms. The third-order valence-electron chi connectivity index (χ3n) is 4.25. The van der Waals surface area contributed by atoms with E-state index in [2.05, 4.69) is 28.2 Å². The molecule has 2 rings (SSSR count). The van der Waals surface area contributed by atoms with Gasteiger partial charge in [0.15, 0.2) is 0 Å². The van der Waals surface area contributed by atoms with Crippen molar-refractivity contribution >= 4 is 22.8 Å². The molecule has 2 aromatic rings. The van der Waals surface area contributed by atoms with E-state index >= 15 is 0 Å². The van der Waals surface area contributed by atoms with Gasteiger partial charge in [0.25, 0.3) is 0 Å². The number of aryl methyl sites for hydroxylation is 2. The van der Waals surface area contributed by atoms with Gasteiger partial charge < -0.3 is 15.0 Å². The highest BCUT2D eigenvalue weighted by Crippen LogP contribution is 2.21. The van der Waals surface area contributed by atoms with Crippen LogP contribution in [0.3, 0.4) is 0 Å². The van der Waals surface area contributed by atoms with Crippen LogP contribution in [0.25, 0.3) is 10.9 Å². The summed E-state index contributed by atoms with van der Waals surface area (Å²) in [6, 6.07) is 8.11. The number of para-hydroxylation sites is 1. The maximum Gasteiger partial charge on any atom is 0.308 e. The van der Waals surface area contributed by atoms with Gasteiger partial charge in [0.2, 0.25) is 5.91 Å². The number of carboxylic acid groups (broad SMARTS) is 1. The van der Waals surface area contributed by atoms with E-state index in [4.69, 9.17) is 0 Å². The second-order valence-electron chi connectivity index (χ2n) is 6.75. The zero-order chi connectivity index (χ0) is 17.7.